The Hall–Kier alpha value is -1.01. The van der Waals surface area contributed by atoms with Crippen LogP contribution in [0.4, 0.5) is 0 Å². The van der Waals surface area contributed by atoms with Gasteiger partial charge in [-0.3, -0.25) is 9.89 Å². The highest BCUT2D eigenvalue weighted by molar-refractivity contribution is 7.98. The molecule has 0 fully saturated rings. The zero-order valence-corrected chi connectivity index (χ0v) is 10.5. The molecule has 5 nitrogen and oxygen atoms in total. The lowest BCUT2D eigenvalue weighted by molar-refractivity contribution is -0.131. The molecule has 0 spiro atoms. The molecule has 16 heavy (non-hydrogen) atoms. The first-order chi connectivity index (χ1) is 7.65. The van der Waals surface area contributed by atoms with Gasteiger partial charge in [-0.15, -0.1) is 0 Å². The van der Waals surface area contributed by atoms with E-state index in [0.717, 1.165) is 17.7 Å². The van der Waals surface area contributed by atoms with Crippen molar-refractivity contribution in [3.63, 3.8) is 0 Å². The highest BCUT2D eigenvalue weighted by Crippen LogP contribution is 2.05. The second-order valence-corrected chi connectivity index (χ2v) is 4.67. The standard InChI is InChI=1S/C10H18N4OS/c1-14(7-8-5-12-13-6-8)10(15)9(11)3-4-16-2/h5-6,9H,3-4,7,11H2,1-2H3,(H,12,13)/t9-/m0/s1. The van der Waals surface area contributed by atoms with Crippen LogP contribution >= 0.6 is 11.8 Å². The van der Waals surface area contributed by atoms with Gasteiger partial charge in [0.05, 0.1) is 12.2 Å². The predicted octanol–water partition coefficient (Wildman–Crippen LogP) is 0.448. The lowest BCUT2D eigenvalue weighted by Crippen LogP contribution is -2.41. The largest absolute Gasteiger partial charge is 0.340 e. The molecule has 0 aliphatic carbocycles. The zero-order valence-electron chi connectivity index (χ0n) is 9.64. The lowest BCUT2D eigenvalue weighted by atomic mass is 10.2. The summed E-state index contributed by atoms with van der Waals surface area (Å²) in [6.45, 7) is 0.544. The number of likely N-dealkylation sites (N-methyl/N-ethyl adjacent to an activating group) is 1. The van der Waals surface area contributed by atoms with Crippen LogP contribution < -0.4 is 5.73 Å². The molecule has 0 unspecified atom stereocenters. The average Bonchev–Trinajstić information content (AvgIpc) is 2.77. The number of rotatable bonds is 6. The number of nitrogens with two attached hydrogens (primary N) is 1. The normalized spacial score (nSPS) is 12.4. The van der Waals surface area contributed by atoms with Crippen molar-refractivity contribution in [1.29, 1.82) is 0 Å². The molecule has 6 heteroatoms. The third kappa shape index (κ3) is 3.86. The van der Waals surface area contributed by atoms with Crippen molar-refractivity contribution in [2.24, 2.45) is 5.73 Å². The first-order valence-electron chi connectivity index (χ1n) is 5.12. The van der Waals surface area contributed by atoms with Crippen LogP contribution in [0.3, 0.4) is 0 Å². The average molecular weight is 242 g/mol. The Morgan fingerprint density at radius 3 is 3.06 bits per heavy atom. The Morgan fingerprint density at radius 2 is 2.50 bits per heavy atom. The van der Waals surface area contributed by atoms with Crippen LogP contribution in [-0.4, -0.2) is 46.1 Å². The highest BCUT2D eigenvalue weighted by atomic mass is 32.2. The number of amides is 1. The number of carbonyl (C=O) groups is 1. The van der Waals surface area contributed by atoms with Gasteiger partial charge in [-0.05, 0) is 18.4 Å². The molecule has 0 aliphatic heterocycles. The molecular weight excluding hydrogens is 224 g/mol. The van der Waals surface area contributed by atoms with Crippen molar-refractivity contribution in [2.75, 3.05) is 19.1 Å². The van der Waals surface area contributed by atoms with Gasteiger partial charge in [-0.2, -0.15) is 16.9 Å². The van der Waals surface area contributed by atoms with Crippen molar-refractivity contribution in [3.05, 3.63) is 18.0 Å². The summed E-state index contributed by atoms with van der Waals surface area (Å²) in [7, 11) is 1.76. The topological polar surface area (TPSA) is 75.0 Å². The molecule has 3 N–H and O–H groups in total. The Labute approximate surface area is 99.8 Å². The first kappa shape index (κ1) is 13.1. The summed E-state index contributed by atoms with van der Waals surface area (Å²) < 4.78 is 0. The quantitative estimate of drug-likeness (QED) is 0.759. The minimum Gasteiger partial charge on any atom is -0.340 e. The number of hydrogen-bond acceptors (Lipinski definition) is 4. The molecule has 1 atom stereocenters. The number of hydrogen-bond donors (Lipinski definition) is 2. The number of nitrogens with zero attached hydrogens (tertiary/aromatic N) is 2. The maximum Gasteiger partial charge on any atom is 0.239 e. The Kier molecular flexibility index (Phi) is 5.34. The van der Waals surface area contributed by atoms with Crippen molar-refractivity contribution in [1.82, 2.24) is 15.1 Å². The van der Waals surface area contributed by atoms with Gasteiger partial charge in [-0.1, -0.05) is 0 Å². The minimum absolute atomic E-state index is 0.0183. The molecule has 1 aromatic rings. The van der Waals surface area contributed by atoms with Crippen LogP contribution in [0.15, 0.2) is 12.4 Å². The molecule has 1 heterocycles. The van der Waals surface area contributed by atoms with E-state index in [1.54, 1.807) is 36.1 Å². The van der Waals surface area contributed by atoms with Crippen LogP contribution in [-0.2, 0) is 11.3 Å². The zero-order chi connectivity index (χ0) is 12.0. The Bertz CT molecular complexity index is 315. The highest BCUT2D eigenvalue weighted by Gasteiger charge is 2.17. The summed E-state index contributed by atoms with van der Waals surface area (Å²) in [6.07, 6.45) is 6.20. The second kappa shape index (κ2) is 6.55. The maximum atomic E-state index is 11.8. The van der Waals surface area contributed by atoms with E-state index >= 15 is 0 Å². The van der Waals surface area contributed by atoms with E-state index in [0.29, 0.717) is 6.54 Å². The van der Waals surface area contributed by atoms with Gasteiger partial charge in [0.25, 0.3) is 0 Å². The smallest absolute Gasteiger partial charge is 0.239 e. The van der Waals surface area contributed by atoms with Crippen LogP contribution in [0.5, 0.6) is 0 Å². The molecule has 0 radical (unpaired) electrons. The van der Waals surface area contributed by atoms with Crippen LogP contribution in [0.25, 0.3) is 0 Å². The van der Waals surface area contributed by atoms with Gasteiger partial charge in [0.1, 0.15) is 0 Å². The van der Waals surface area contributed by atoms with Gasteiger partial charge < -0.3 is 10.6 Å². The fraction of sp³-hybridized carbons (Fsp3) is 0.600. The van der Waals surface area contributed by atoms with E-state index < -0.39 is 6.04 Å². The van der Waals surface area contributed by atoms with Gasteiger partial charge in [0.2, 0.25) is 5.91 Å². The summed E-state index contributed by atoms with van der Waals surface area (Å²) in [5, 5.41) is 6.55. The van der Waals surface area contributed by atoms with Crippen LogP contribution in [0, 0.1) is 0 Å². The van der Waals surface area contributed by atoms with Gasteiger partial charge in [0, 0.05) is 25.4 Å². The number of carbonyl (C=O) groups excluding carboxylic acids is 1. The van der Waals surface area contributed by atoms with E-state index in [9.17, 15) is 4.79 Å². The Morgan fingerprint density at radius 1 is 1.75 bits per heavy atom. The van der Waals surface area contributed by atoms with Crippen LogP contribution in [0.1, 0.15) is 12.0 Å². The van der Waals surface area contributed by atoms with Crippen molar-refractivity contribution >= 4 is 17.7 Å². The molecular formula is C10H18N4OS. The second-order valence-electron chi connectivity index (χ2n) is 3.69. The number of H-pyrrole nitrogens is 1. The number of nitrogens with one attached hydrogen (secondary N) is 1. The SMILES string of the molecule is CSCC[C@H](N)C(=O)N(C)Cc1cn[nH]c1. The third-order valence-corrected chi connectivity index (χ3v) is 2.94. The van der Waals surface area contributed by atoms with E-state index in [4.69, 9.17) is 5.73 Å². The first-order valence-corrected chi connectivity index (χ1v) is 6.51. The number of thioether (sulfide) groups is 1. The summed E-state index contributed by atoms with van der Waals surface area (Å²) in [5.41, 5.74) is 6.78. The molecule has 90 valence electrons. The maximum absolute atomic E-state index is 11.8. The van der Waals surface area contributed by atoms with E-state index in [1.165, 1.54) is 0 Å². The van der Waals surface area contributed by atoms with E-state index in [1.807, 2.05) is 6.26 Å². The van der Waals surface area contributed by atoms with Gasteiger partial charge >= 0.3 is 0 Å². The van der Waals surface area contributed by atoms with Gasteiger partial charge in [0.15, 0.2) is 0 Å². The van der Waals surface area contributed by atoms with Crippen molar-refractivity contribution in [2.45, 2.75) is 19.0 Å². The third-order valence-electron chi connectivity index (χ3n) is 2.30. The fourth-order valence-corrected chi connectivity index (χ4v) is 1.86. The number of aromatic nitrogens is 2. The summed E-state index contributed by atoms with van der Waals surface area (Å²) >= 11 is 1.70. The van der Waals surface area contributed by atoms with Gasteiger partial charge in [-0.25, -0.2) is 0 Å². The molecule has 1 rings (SSSR count). The van der Waals surface area contributed by atoms with E-state index in [2.05, 4.69) is 10.2 Å². The molecule has 0 saturated carbocycles. The monoisotopic (exact) mass is 242 g/mol. The summed E-state index contributed by atoms with van der Waals surface area (Å²) in [5.74, 6) is 0.891. The lowest BCUT2D eigenvalue weighted by Gasteiger charge is -2.20. The molecule has 1 aromatic heterocycles. The molecule has 0 saturated heterocycles. The summed E-state index contributed by atoms with van der Waals surface area (Å²) in [4.78, 5) is 13.5. The molecule has 0 aliphatic rings. The van der Waals surface area contributed by atoms with Crippen molar-refractivity contribution < 1.29 is 4.79 Å². The molecule has 0 bridgehead atoms. The molecule has 1 amide bonds. The summed E-state index contributed by atoms with van der Waals surface area (Å²) in [6, 6.07) is -0.399. The Balaban J connectivity index is 2.41. The fourth-order valence-electron chi connectivity index (χ4n) is 1.37. The minimum atomic E-state index is -0.399. The van der Waals surface area contributed by atoms with E-state index in [-0.39, 0.29) is 5.91 Å². The molecule has 0 aromatic carbocycles. The predicted molar refractivity (Wildman–Crippen MR) is 66.0 cm³/mol. The van der Waals surface area contributed by atoms with Crippen molar-refractivity contribution in [3.8, 4) is 0 Å². The van der Waals surface area contributed by atoms with Crippen LogP contribution in [0.2, 0.25) is 0 Å². The number of aromatic amines is 1.